The van der Waals surface area contributed by atoms with Crippen LogP contribution in [0.5, 0.6) is 0 Å². The Bertz CT molecular complexity index is 350. The molecule has 14 heavy (non-hydrogen) atoms. The van der Waals surface area contributed by atoms with E-state index in [4.69, 9.17) is 10.5 Å². The largest absolute Gasteiger partial charge is 0.397 e. The summed E-state index contributed by atoms with van der Waals surface area (Å²) in [5.41, 5.74) is 6.27. The van der Waals surface area contributed by atoms with E-state index >= 15 is 0 Å². The van der Waals surface area contributed by atoms with E-state index in [2.05, 4.69) is 10.3 Å². The van der Waals surface area contributed by atoms with Crippen LogP contribution in [-0.2, 0) is 4.74 Å². The molecule has 3 N–H and O–H groups in total. The summed E-state index contributed by atoms with van der Waals surface area (Å²) in [6.07, 6.45) is 1.54. The lowest BCUT2D eigenvalue weighted by Crippen LogP contribution is -2.48. The maximum atomic E-state index is 11.6. The van der Waals surface area contributed by atoms with Crippen LogP contribution < -0.4 is 11.1 Å². The summed E-state index contributed by atoms with van der Waals surface area (Å²) in [6.45, 7) is 1.14. The predicted molar refractivity (Wildman–Crippen MR) is 50.7 cm³/mol. The lowest BCUT2D eigenvalue weighted by Gasteiger charge is -2.26. The van der Waals surface area contributed by atoms with Gasteiger partial charge in [0.05, 0.1) is 24.9 Å². The average molecular weight is 193 g/mol. The van der Waals surface area contributed by atoms with Crippen molar-refractivity contribution in [3.8, 4) is 0 Å². The van der Waals surface area contributed by atoms with Gasteiger partial charge < -0.3 is 15.8 Å². The summed E-state index contributed by atoms with van der Waals surface area (Å²) in [5.74, 6) is -0.239. The Hall–Kier alpha value is -1.62. The maximum Gasteiger partial charge on any atom is 0.272 e. The number of aromatic nitrogens is 1. The predicted octanol–water partition coefficient (Wildman–Crippen LogP) is -0.208. The number of nitrogens with one attached hydrogen (secondary N) is 1. The molecule has 5 heteroatoms. The van der Waals surface area contributed by atoms with E-state index in [1.807, 2.05) is 0 Å². The number of amides is 1. The Morgan fingerprint density at radius 1 is 1.64 bits per heavy atom. The summed E-state index contributed by atoms with van der Waals surface area (Å²) >= 11 is 0. The molecule has 1 saturated heterocycles. The molecule has 0 unspecified atom stereocenters. The number of nitrogens with zero attached hydrogens (tertiary/aromatic N) is 1. The third-order valence-corrected chi connectivity index (χ3v) is 2.03. The van der Waals surface area contributed by atoms with Crippen molar-refractivity contribution in [3.63, 3.8) is 0 Å². The van der Waals surface area contributed by atoms with Gasteiger partial charge in [0.1, 0.15) is 0 Å². The molecule has 0 radical (unpaired) electrons. The second-order valence-corrected chi connectivity index (χ2v) is 3.15. The van der Waals surface area contributed by atoms with Gasteiger partial charge in [-0.05, 0) is 12.1 Å². The van der Waals surface area contributed by atoms with Gasteiger partial charge in [-0.15, -0.1) is 0 Å². The first-order valence-corrected chi connectivity index (χ1v) is 4.36. The molecular formula is C9H11N3O2. The fraction of sp³-hybridized carbons (Fsp3) is 0.333. The van der Waals surface area contributed by atoms with Gasteiger partial charge in [0.15, 0.2) is 5.69 Å². The summed E-state index contributed by atoms with van der Waals surface area (Å²) in [4.78, 5) is 15.5. The van der Waals surface area contributed by atoms with Crippen LogP contribution in [0, 0.1) is 0 Å². The molecule has 0 atom stereocenters. The van der Waals surface area contributed by atoms with Gasteiger partial charge in [-0.3, -0.25) is 4.79 Å². The molecule has 1 amide bonds. The summed E-state index contributed by atoms with van der Waals surface area (Å²) in [6, 6.07) is 3.45. The number of pyridine rings is 1. The SMILES string of the molecule is Nc1cccnc1C(=O)NC1COC1. The van der Waals surface area contributed by atoms with Gasteiger partial charge in [0.2, 0.25) is 0 Å². The van der Waals surface area contributed by atoms with Crippen molar-refractivity contribution < 1.29 is 9.53 Å². The quantitative estimate of drug-likeness (QED) is 0.681. The second-order valence-electron chi connectivity index (χ2n) is 3.15. The highest BCUT2D eigenvalue weighted by atomic mass is 16.5. The Balaban J connectivity index is 2.06. The first-order valence-electron chi connectivity index (χ1n) is 4.36. The topological polar surface area (TPSA) is 77.2 Å². The highest BCUT2D eigenvalue weighted by Crippen LogP contribution is 2.08. The molecular weight excluding hydrogens is 182 g/mol. The molecule has 2 heterocycles. The van der Waals surface area contributed by atoms with Crippen molar-refractivity contribution in [3.05, 3.63) is 24.0 Å². The normalized spacial score (nSPS) is 16.0. The third-order valence-electron chi connectivity index (χ3n) is 2.03. The first-order chi connectivity index (χ1) is 6.77. The number of nitrogens with two attached hydrogens (primary N) is 1. The van der Waals surface area contributed by atoms with Gasteiger partial charge >= 0.3 is 0 Å². The number of hydrogen-bond donors (Lipinski definition) is 2. The van der Waals surface area contributed by atoms with E-state index in [1.54, 1.807) is 18.3 Å². The smallest absolute Gasteiger partial charge is 0.272 e. The monoisotopic (exact) mass is 193 g/mol. The van der Waals surface area contributed by atoms with Gasteiger partial charge in [0, 0.05) is 6.20 Å². The molecule has 74 valence electrons. The van der Waals surface area contributed by atoms with Crippen LogP contribution in [0.15, 0.2) is 18.3 Å². The second kappa shape index (κ2) is 3.63. The van der Waals surface area contributed by atoms with E-state index in [0.717, 1.165) is 0 Å². The van der Waals surface area contributed by atoms with Crippen molar-refractivity contribution in [1.82, 2.24) is 10.3 Å². The molecule has 1 aromatic heterocycles. The van der Waals surface area contributed by atoms with Crippen molar-refractivity contribution in [2.45, 2.75) is 6.04 Å². The lowest BCUT2D eigenvalue weighted by molar-refractivity contribution is -0.00353. The lowest BCUT2D eigenvalue weighted by atomic mass is 10.2. The van der Waals surface area contributed by atoms with Crippen LogP contribution in [0.1, 0.15) is 10.5 Å². The van der Waals surface area contributed by atoms with Crippen LogP contribution in [0.25, 0.3) is 0 Å². The standard InChI is InChI=1S/C9H11N3O2/c10-7-2-1-3-11-8(7)9(13)12-6-4-14-5-6/h1-3,6H,4-5,10H2,(H,12,13). The fourth-order valence-corrected chi connectivity index (χ4v) is 1.18. The molecule has 1 aromatic rings. The Morgan fingerprint density at radius 2 is 2.43 bits per heavy atom. The van der Waals surface area contributed by atoms with Crippen molar-refractivity contribution in [2.75, 3.05) is 18.9 Å². The van der Waals surface area contributed by atoms with Gasteiger partial charge in [-0.2, -0.15) is 0 Å². The molecule has 0 bridgehead atoms. The minimum atomic E-state index is -0.239. The minimum absolute atomic E-state index is 0.101. The van der Waals surface area contributed by atoms with Crippen molar-refractivity contribution in [1.29, 1.82) is 0 Å². The number of nitrogen functional groups attached to an aromatic ring is 1. The van der Waals surface area contributed by atoms with Crippen molar-refractivity contribution in [2.24, 2.45) is 0 Å². The van der Waals surface area contributed by atoms with Gasteiger partial charge in [-0.25, -0.2) is 4.98 Å². The number of ether oxygens (including phenoxy) is 1. The molecule has 0 aromatic carbocycles. The van der Waals surface area contributed by atoms with Gasteiger partial charge in [0.25, 0.3) is 5.91 Å². The highest BCUT2D eigenvalue weighted by molar-refractivity contribution is 5.97. The van der Waals surface area contributed by atoms with Crippen LogP contribution in [0.3, 0.4) is 0 Å². The molecule has 0 spiro atoms. The number of carbonyl (C=O) groups is 1. The average Bonchev–Trinajstić information content (AvgIpc) is 2.12. The van der Waals surface area contributed by atoms with Crippen LogP contribution in [0.2, 0.25) is 0 Å². The van der Waals surface area contributed by atoms with Crippen LogP contribution in [-0.4, -0.2) is 30.1 Å². The zero-order chi connectivity index (χ0) is 9.97. The molecule has 2 rings (SSSR count). The maximum absolute atomic E-state index is 11.6. The summed E-state index contributed by atoms with van der Waals surface area (Å²) < 4.78 is 4.94. The Kier molecular flexibility index (Phi) is 2.32. The molecule has 1 fully saturated rings. The summed E-state index contributed by atoms with van der Waals surface area (Å²) in [7, 11) is 0. The van der Waals surface area contributed by atoms with E-state index in [1.165, 1.54) is 0 Å². The van der Waals surface area contributed by atoms with E-state index in [9.17, 15) is 4.79 Å². The minimum Gasteiger partial charge on any atom is -0.397 e. The Labute approximate surface area is 81.3 Å². The molecule has 0 aliphatic carbocycles. The number of rotatable bonds is 2. The van der Waals surface area contributed by atoms with Gasteiger partial charge in [-0.1, -0.05) is 0 Å². The third kappa shape index (κ3) is 1.67. The van der Waals surface area contributed by atoms with Crippen LogP contribution in [0.4, 0.5) is 5.69 Å². The first kappa shape index (κ1) is 8.96. The molecule has 0 saturated carbocycles. The van der Waals surface area contributed by atoms with E-state index in [0.29, 0.717) is 18.9 Å². The molecule has 5 nitrogen and oxygen atoms in total. The summed E-state index contributed by atoms with van der Waals surface area (Å²) in [5, 5.41) is 2.77. The number of hydrogen-bond acceptors (Lipinski definition) is 4. The highest BCUT2D eigenvalue weighted by Gasteiger charge is 2.22. The fourth-order valence-electron chi connectivity index (χ4n) is 1.18. The molecule has 1 aliphatic heterocycles. The molecule has 1 aliphatic rings. The van der Waals surface area contributed by atoms with Crippen LogP contribution >= 0.6 is 0 Å². The van der Waals surface area contributed by atoms with Crippen molar-refractivity contribution >= 4 is 11.6 Å². The number of carbonyl (C=O) groups excluding carboxylic acids is 1. The zero-order valence-electron chi connectivity index (χ0n) is 7.56. The van der Waals surface area contributed by atoms with E-state index < -0.39 is 0 Å². The Morgan fingerprint density at radius 3 is 3.00 bits per heavy atom. The van der Waals surface area contributed by atoms with E-state index in [-0.39, 0.29) is 17.6 Å². The number of anilines is 1. The zero-order valence-corrected chi connectivity index (χ0v) is 7.56.